The number of nitro groups is 1. The van der Waals surface area contributed by atoms with Gasteiger partial charge in [-0.15, -0.1) is 0 Å². The van der Waals surface area contributed by atoms with Crippen LogP contribution in [0.15, 0.2) is 18.2 Å². The Balaban J connectivity index is 1.79. The van der Waals surface area contributed by atoms with Crippen molar-refractivity contribution in [2.75, 3.05) is 25.6 Å². The van der Waals surface area contributed by atoms with Crippen molar-refractivity contribution in [3.8, 4) is 5.75 Å². The van der Waals surface area contributed by atoms with Crippen molar-refractivity contribution in [1.29, 1.82) is 0 Å². The van der Waals surface area contributed by atoms with Crippen LogP contribution in [0.2, 0.25) is 0 Å². The van der Waals surface area contributed by atoms with Crippen molar-refractivity contribution in [2.24, 2.45) is 5.41 Å². The average Bonchev–Trinajstić information content (AvgIpc) is 2.66. The number of unbranched alkanes of at least 4 members (excludes halogenated alkanes) is 1. The maximum absolute atomic E-state index is 12.2. The number of benzene rings is 1. The first-order valence-corrected chi connectivity index (χ1v) is 9.76. The second-order valence-electron chi connectivity index (χ2n) is 7.72. The lowest BCUT2D eigenvalue weighted by molar-refractivity contribution is -0.384. The van der Waals surface area contributed by atoms with Crippen LogP contribution in [0.3, 0.4) is 0 Å². The van der Waals surface area contributed by atoms with Gasteiger partial charge in [0.1, 0.15) is 11.4 Å². The average molecular weight is 393 g/mol. The zero-order valence-corrected chi connectivity index (χ0v) is 17.1. The summed E-state index contributed by atoms with van der Waals surface area (Å²) < 4.78 is 10.9. The molecule has 0 aliphatic heterocycles. The van der Waals surface area contributed by atoms with E-state index in [1.165, 1.54) is 19.2 Å². The van der Waals surface area contributed by atoms with E-state index >= 15 is 0 Å². The number of nitrogens with zero attached hydrogens (tertiary/aromatic N) is 1. The zero-order valence-electron chi connectivity index (χ0n) is 17.1. The van der Waals surface area contributed by atoms with Gasteiger partial charge in [-0.2, -0.15) is 0 Å². The minimum atomic E-state index is -0.536. The number of carbonyl (C=O) groups excluding carboxylic acids is 1. The quantitative estimate of drug-likeness (QED) is 0.339. The molecule has 0 spiro atoms. The third-order valence-corrected chi connectivity index (χ3v) is 5.41. The largest absolute Gasteiger partial charge is 0.496 e. The van der Waals surface area contributed by atoms with E-state index in [-0.39, 0.29) is 35.2 Å². The molecule has 2 rings (SSSR count). The minimum absolute atomic E-state index is 0.0268. The minimum Gasteiger partial charge on any atom is -0.496 e. The molecule has 1 amide bonds. The molecule has 28 heavy (non-hydrogen) atoms. The molecular weight excluding hydrogens is 362 g/mol. The fraction of sp³-hybridized carbons (Fsp3) is 0.650. The van der Waals surface area contributed by atoms with Crippen molar-refractivity contribution in [3.63, 3.8) is 0 Å². The number of anilines is 1. The molecule has 0 saturated heterocycles. The molecule has 156 valence electrons. The van der Waals surface area contributed by atoms with Gasteiger partial charge in [0.25, 0.3) is 5.69 Å². The summed E-state index contributed by atoms with van der Waals surface area (Å²) >= 11 is 0. The Morgan fingerprint density at radius 3 is 2.75 bits per heavy atom. The molecule has 1 saturated carbocycles. The van der Waals surface area contributed by atoms with Crippen molar-refractivity contribution in [3.05, 3.63) is 28.3 Å². The highest BCUT2D eigenvalue weighted by molar-refractivity contribution is 5.93. The van der Waals surface area contributed by atoms with Gasteiger partial charge in [0.05, 0.1) is 24.2 Å². The SMILES string of the molecule is CCCCO[C@@H]1C[C@@H](NCCC(=O)Nc2ccc(OC)cc2[N+](=O)[O-])C1(C)C. The fourth-order valence-electron chi connectivity index (χ4n) is 3.35. The number of ether oxygens (including phenoxy) is 2. The molecule has 0 aromatic heterocycles. The predicted octanol–water partition coefficient (Wildman–Crippen LogP) is 3.51. The van der Waals surface area contributed by atoms with Gasteiger partial charge >= 0.3 is 0 Å². The molecule has 2 atom stereocenters. The maximum Gasteiger partial charge on any atom is 0.296 e. The molecule has 8 nitrogen and oxygen atoms in total. The monoisotopic (exact) mass is 393 g/mol. The van der Waals surface area contributed by atoms with E-state index in [1.807, 2.05) is 0 Å². The number of hydrogen-bond donors (Lipinski definition) is 2. The second kappa shape index (κ2) is 9.84. The normalized spacial score (nSPS) is 20.3. The Morgan fingerprint density at radius 1 is 1.39 bits per heavy atom. The smallest absolute Gasteiger partial charge is 0.296 e. The predicted molar refractivity (Wildman–Crippen MR) is 108 cm³/mol. The van der Waals surface area contributed by atoms with E-state index in [9.17, 15) is 14.9 Å². The molecule has 0 radical (unpaired) electrons. The lowest BCUT2D eigenvalue weighted by Gasteiger charge is -2.52. The van der Waals surface area contributed by atoms with Gasteiger partial charge in [-0.05, 0) is 25.0 Å². The molecule has 1 aliphatic rings. The molecule has 1 fully saturated rings. The van der Waals surface area contributed by atoms with E-state index in [2.05, 4.69) is 31.4 Å². The third kappa shape index (κ3) is 5.42. The van der Waals surface area contributed by atoms with E-state index in [1.54, 1.807) is 6.07 Å². The van der Waals surface area contributed by atoms with Crippen LogP contribution < -0.4 is 15.4 Å². The van der Waals surface area contributed by atoms with Gasteiger partial charge in [-0.25, -0.2) is 0 Å². The van der Waals surface area contributed by atoms with Crippen LogP contribution in [0.1, 0.15) is 46.5 Å². The Hall–Kier alpha value is -2.19. The summed E-state index contributed by atoms with van der Waals surface area (Å²) in [7, 11) is 1.43. The number of nitrogens with one attached hydrogen (secondary N) is 2. The van der Waals surface area contributed by atoms with Gasteiger partial charge in [0.2, 0.25) is 5.91 Å². The summed E-state index contributed by atoms with van der Waals surface area (Å²) in [6.07, 6.45) is 3.60. The summed E-state index contributed by atoms with van der Waals surface area (Å²) in [6, 6.07) is 4.65. The molecule has 1 aliphatic carbocycles. The fourth-order valence-corrected chi connectivity index (χ4v) is 3.35. The zero-order chi connectivity index (χ0) is 20.7. The highest BCUT2D eigenvalue weighted by atomic mass is 16.6. The van der Waals surface area contributed by atoms with Crippen LogP contribution in [-0.4, -0.2) is 43.2 Å². The van der Waals surface area contributed by atoms with Crippen LogP contribution in [0, 0.1) is 15.5 Å². The molecule has 0 unspecified atom stereocenters. The standard InChI is InChI=1S/C20H31N3O5/c1-5-6-11-28-18-13-17(20(18,2)3)21-10-9-19(24)22-15-8-7-14(27-4)12-16(15)23(25)26/h7-8,12,17-18,21H,5-6,9-11,13H2,1-4H3,(H,22,24)/t17-,18-/m1/s1. The van der Waals surface area contributed by atoms with Gasteiger partial charge in [0, 0.05) is 31.0 Å². The second-order valence-corrected chi connectivity index (χ2v) is 7.72. The Bertz CT molecular complexity index is 692. The first kappa shape index (κ1) is 22.1. The molecular formula is C20H31N3O5. The summed E-state index contributed by atoms with van der Waals surface area (Å²) in [5, 5.41) is 17.2. The van der Waals surface area contributed by atoms with Crippen molar-refractivity contribution >= 4 is 17.3 Å². The number of methoxy groups -OCH3 is 1. The van der Waals surface area contributed by atoms with Crippen molar-refractivity contribution in [1.82, 2.24) is 5.32 Å². The summed E-state index contributed by atoms with van der Waals surface area (Å²) in [5.74, 6) is 0.0999. The van der Waals surface area contributed by atoms with Gasteiger partial charge in [-0.1, -0.05) is 27.2 Å². The van der Waals surface area contributed by atoms with E-state index in [0.29, 0.717) is 18.3 Å². The Kier molecular flexibility index (Phi) is 7.77. The van der Waals surface area contributed by atoms with Crippen molar-refractivity contribution < 1.29 is 19.2 Å². The maximum atomic E-state index is 12.2. The summed E-state index contributed by atoms with van der Waals surface area (Å²) in [6.45, 7) is 7.79. The van der Waals surface area contributed by atoms with Gasteiger partial charge in [-0.3, -0.25) is 14.9 Å². The summed E-state index contributed by atoms with van der Waals surface area (Å²) in [4.78, 5) is 22.9. The van der Waals surface area contributed by atoms with E-state index < -0.39 is 4.92 Å². The van der Waals surface area contributed by atoms with E-state index in [4.69, 9.17) is 9.47 Å². The van der Waals surface area contributed by atoms with Crippen LogP contribution in [0.25, 0.3) is 0 Å². The molecule has 1 aromatic carbocycles. The number of carbonyl (C=O) groups is 1. The number of rotatable bonds is 11. The number of hydrogen-bond acceptors (Lipinski definition) is 6. The van der Waals surface area contributed by atoms with Gasteiger partial charge < -0.3 is 20.1 Å². The molecule has 1 aromatic rings. The van der Waals surface area contributed by atoms with Crippen LogP contribution in [0.4, 0.5) is 11.4 Å². The first-order valence-electron chi connectivity index (χ1n) is 9.76. The van der Waals surface area contributed by atoms with Crippen LogP contribution in [0.5, 0.6) is 5.75 Å². The van der Waals surface area contributed by atoms with E-state index in [0.717, 1.165) is 25.9 Å². The first-order chi connectivity index (χ1) is 13.3. The topological polar surface area (TPSA) is 103 Å². The molecule has 8 heteroatoms. The Labute approximate surface area is 166 Å². The molecule has 2 N–H and O–H groups in total. The highest BCUT2D eigenvalue weighted by Crippen LogP contribution is 2.42. The van der Waals surface area contributed by atoms with Crippen molar-refractivity contribution in [2.45, 2.75) is 58.6 Å². The third-order valence-electron chi connectivity index (χ3n) is 5.41. The van der Waals surface area contributed by atoms with Crippen LogP contribution in [-0.2, 0) is 9.53 Å². The number of amides is 1. The Morgan fingerprint density at radius 2 is 2.14 bits per heavy atom. The summed E-state index contributed by atoms with van der Waals surface area (Å²) in [5.41, 5.74) is 0.0101. The van der Waals surface area contributed by atoms with Gasteiger partial charge in [0.15, 0.2) is 0 Å². The highest BCUT2D eigenvalue weighted by Gasteiger charge is 2.48. The molecule has 0 bridgehead atoms. The lowest BCUT2D eigenvalue weighted by atomic mass is 9.64. The molecule has 0 heterocycles. The number of nitro benzene ring substituents is 1. The van der Waals surface area contributed by atoms with Crippen LogP contribution >= 0.6 is 0 Å². The lowest BCUT2D eigenvalue weighted by Crippen LogP contribution is -2.61.